The van der Waals surface area contributed by atoms with Gasteiger partial charge in [-0.15, -0.1) is 0 Å². The van der Waals surface area contributed by atoms with Gasteiger partial charge in [0.15, 0.2) is 0 Å². The van der Waals surface area contributed by atoms with Gasteiger partial charge in [-0.3, -0.25) is 9.78 Å². The molecule has 4 nitrogen and oxygen atoms in total. The quantitative estimate of drug-likeness (QED) is 0.913. The summed E-state index contributed by atoms with van der Waals surface area (Å²) in [5.41, 5.74) is 4.59. The molecule has 19 heavy (non-hydrogen) atoms. The lowest BCUT2D eigenvalue weighted by Gasteiger charge is -2.06. The Labute approximate surface area is 112 Å². The molecule has 0 saturated carbocycles. The third kappa shape index (κ3) is 3.37. The first kappa shape index (κ1) is 13.2. The molecular formula is C15H17N3O. The van der Waals surface area contributed by atoms with E-state index in [2.05, 4.69) is 21.4 Å². The van der Waals surface area contributed by atoms with Crippen LogP contribution in [0.15, 0.2) is 30.6 Å². The molecule has 2 rings (SSSR count). The minimum Gasteiger partial charge on any atom is -0.354 e. The summed E-state index contributed by atoms with van der Waals surface area (Å²) in [7, 11) is 1.61. The molecule has 0 spiro atoms. The van der Waals surface area contributed by atoms with Crippen molar-refractivity contribution in [3.8, 4) is 0 Å². The molecule has 2 aromatic heterocycles. The van der Waals surface area contributed by atoms with Gasteiger partial charge >= 0.3 is 0 Å². The molecule has 0 fully saturated rings. The molecule has 1 amide bonds. The maximum atomic E-state index is 11.6. The number of pyridine rings is 2. The van der Waals surface area contributed by atoms with Crippen molar-refractivity contribution in [2.45, 2.75) is 20.3 Å². The SMILES string of the molecule is CNC(=O)c1cc(C)cc(Cc2cncc(C)c2)n1. The molecule has 0 aliphatic heterocycles. The average molecular weight is 255 g/mol. The Morgan fingerprint density at radius 1 is 1.16 bits per heavy atom. The smallest absolute Gasteiger partial charge is 0.269 e. The number of rotatable bonds is 3. The number of nitrogens with zero attached hydrogens (tertiary/aromatic N) is 2. The van der Waals surface area contributed by atoms with Crippen LogP contribution < -0.4 is 5.32 Å². The van der Waals surface area contributed by atoms with E-state index in [0.29, 0.717) is 12.1 Å². The normalized spacial score (nSPS) is 10.3. The van der Waals surface area contributed by atoms with E-state index >= 15 is 0 Å². The summed E-state index contributed by atoms with van der Waals surface area (Å²) in [6, 6.07) is 5.86. The van der Waals surface area contributed by atoms with Gasteiger partial charge in [0.2, 0.25) is 0 Å². The van der Waals surface area contributed by atoms with Gasteiger partial charge in [-0.1, -0.05) is 6.07 Å². The fourth-order valence-corrected chi connectivity index (χ4v) is 2.00. The molecule has 1 N–H and O–H groups in total. The van der Waals surface area contributed by atoms with Crippen LogP contribution in [0.1, 0.15) is 32.9 Å². The van der Waals surface area contributed by atoms with Crippen molar-refractivity contribution in [1.82, 2.24) is 15.3 Å². The van der Waals surface area contributed by atoms with Gasteiger partial charge in [0.1, 0.15) is 5.69 Å². The number of amides is 1. The maximum Gasteiger partial charge on any atom is 0.269 e. The van der Waals surface area contributed by atoms with Gasteiger partial charge in [0.25, 0.3) is 5.91 Å². The lowest BCUT2D eigenvalue weighted by Crippen LogP contribution is -2.20. The van der Waals surface area contributed by atoms with Gasteiger partial charge in [0, 0.05) is 31.6 Å². The zero-order chi connectivity index (χ0) is 13.8. The molecule has 0 aliphatic rings. The second kappa shape index (κ2) is 5.61. The number of aryl methyl sites for hydroxylation is 2. The standard InChI is InChI=1S/C15H17N3O/c1-10-5-13(18-14(6-10)15(19)16-3)7-12-4-11(2)8-17-9-12/h4-6,8-9H,7H2,1-3H3,(H,16,19). The molecule has 0 aromatic carbocycles. The number of aromatic nitrogens is 2. The molecule has 2 aromatic rings. The van der Waals surface area contributed by atoms with Crippen LogP contribution in [0, 0.1) is 13.8 Å². The van der Waals surface area contributed by atoms with Crippen LogP contribution >= 0.6 is 0 Å². The zero-order valence-corrected chi connectivity index (χ0v) is 11.4. The topological polar surface area (TPSA) is 54.9 Å². The number of nitrogens with one attached hydrogen (secondary N) is 1. The van der Waals surface area contributed by atoms with Crippen LogP contribution in [-0.4, -0.2) is 22.9 Å². The summed E-state index contributed by atoms with van der Waals surface area (Å²) in [5.74, 6) is -0.160. The summed E-state index contributed by atoms with van der Waals surface area (Å²) >= 11 is 0. The Bertz CT molecular complexity index is 608. The maximum absolute atomic E-state index is 11.6. The van der Waals surface area contributed by atoms with Crippen molar-refractivity contribution in [3.05, 3.63) is 58.7 Å². The lowest BCUT2D eigenvalue weighted by molar-refractivity contribution is 0.0958. The first-order valence-corrected chi connectivity index (χ1v) is 6.18. The molecule has 0 unspecified atom stereocenters. The highest BCUT2D eigenvalue weighted by Crippen LogP contribution is 2.11. The van der Waals surface area contributed by atoms with Crippen molar-refractivity contribution in [1.29, 1.82) is 0 Å². The largest absolute Gasteiger partial charge is 0.354 e. The van der Waals surface area contributed by atoms with Crippen LogP contribution in [0.4, 0.5) is 0 Å². The Hall–Kier alpha value is -2.23. The van der Waals surface area contributed by atoms with E-state index in [1.807, 2.05) is 32.3 Å². The zero-order valence-electron chi connectivity index (χ0n) is 11.4. The summed E-state index contributed by atoms with van der Waals surface area (Å²) in [6.07, 6.45) is 4.33. The molecule has 4 heteroatoms. The van der Waals surface area contributed by atoms with Gasteiger partial charge in [0.05, 0.1) is 0 Å². The third-order valence-electron chi connectivity index (χ3n) is 2.80. The number of carbonyl (C=O) groups is 1. The van der Waals surface area contributed by atoms with Crippen LogP contribution in [0.5, 0.6) is 0 Å². The molecule has 98 valence electrons. The van der Waals surface area contributed by atoms with E-state index in [0.717, 1.165) is 22.4 Å². The molecule has 0 aliphatic carbocycles. The Morgan fingerprint density at radius 3 is 2.63 bits per heavy atom. The summed E-state index contributed by atoms with van der Waals surface area (Å²) in [5, 5.41) is 2.59. The summed E-state index contributed by atoms with van der Waals surface area (Å²) in [6.45, 7) is 3.97. The molecule has 2 heterocycles. The summed E-state index contributed by atoms with van der Waals surface area (Å²) < 4.78 is 0. The molecule has 0 radical (unpaired) electrons. The first-order chi connectivity index (χ1) is 9.08. The van der Waals surface area contributed by atoms with Crippen molar-refractivity contribution >= 4 is 5.91 Å². The van der Waals surface area contributed by atoms with Gasteiger partial charge in [-0.2, -0.15) is 0 Å². The number of hydrogen-bond acceptors (Lipinski definition) is 3. The van der Waals surface area contributed by atoms with Crippen molar-refractivity contribution in [2.75, 3.05) is 7.05 Å². The van der Waals surface area contributed by atoms with E-state index in [9.17, 15) is 4.79 Å². The molecule has 0 saturated heterocycles. The van der Waals surface area contributed by atoms with Gasteiger partial charge < -0.3 is 5.32 Å². The predicted molar refractivity (Wildman–Crippen MR) is 74.1 cm³/mol. The monoisotopic (exact) mass is 255 g/mol. The second-order valence-corrected chi connectivity index (χ2v) is 4.65. The summed E-state index contributed by atoms with van der Waals surface area (Å²) in [4.78, 5) is 20.2. The predicted octanol–water partition coefficient (Wildman–Crippen LogP) is 2.04. The van der Waals surface area contributed by atoms with Crippen molar-refractivity contribution < 1.29 is 4.79 Å². The highest BCUT2D eigenvalue weighted by atomic mass is 16.1. The third-order valence-corrected chi connectivity index (χ3v) is 2.80. The second-order valence-electron chi connectivity index (χ2n) is 4.65. The van der Waals surface area contributed by atoms with Gasteiger partial charge in [-0.05, 0) is 42.7 Å². The van der Waals surface area contributed by atoms with Crippen LogP contribution in [0.2, 0.25) is 0 Å². The number of carbonyl (C=O) groups excluding carboxylic acids is 1. The fraction of sp³-hybridized carbons (Fsp3) is 0.267. The average Bonchev–Trinajstić information content (AvgIpc) is 2.37. The van der Waals surface area contributed by atoms with E-state index in [1.165, 1.54) is 0 Å². The highest BCUT2D eigenvalue weighted by Gasteiger charge is 2.08. The van der Waals surface area contributed by atoms with E-state index in [1.54, 1.807) is 13.1 Å². The molecule has 0 bridgehead atoms. The van der Waals surface area contributed by atoms with Gasteiger partial charge in [-0.25, -0.2) is 4.98 Å². The Morgan fingerprint density at radius 2 is 1.95 bits per heavy atom. The number of hydrogen-bond donors (Lipinski definition) is 1. The van der Waals surface area contributed by atoms with Crippen molar-refractivity contribution in [2.24, 2.45) is 0 Å². The van der Waals surface area contributed by atoms with Crippen LogP contribution in [0.25, 0.3) is 0 Å². The van der Waals surface area contributed by atoms with Crippen LogP contribution in [-0.2, 0) is 6.42 Å². The van der Waals surface area contributed by atoms with Crippen LogP contribution in [0.3, 0.4) is 0 Å². The molecule has 0 atom stereocenters. The fourth-order valence-electron chi connectivity index (χ4n) is 2.00. The minimum absolute atomic E-state index is 0.160. The van der Waals surface area contributed by atoms with E-state index in [-0.39, 0.29) is 5.91 Å². The minimum atomic E-state index is -0.160. The highest BCUT2D eigenvalue weighted by molar-refractivity contribution is 5.92. The first-order valence-electron chi connectivity index (χ1n) is 6.18. The Kier molecular flexibility index (Phi) is 3.90. The Balaban J connectivity index is 2.30. The molecular weight excluding hydrogens is 238 g/mol. The van der Waals surface area contributed by atoms with E-state index < -0.39 is 0 Å². The van der Waals surface area contributed by atoms with Crippen molar-refractivity contribution in [3.63, 3.8) is 0 Å². The lowest BCUT2D eigenvalue weighted by atomic mass is 10.1. The van der Waals surface area contributed by atoms with E-state index in [4.69, 9.17) is 0 Å².